The van der Waals surface area contributed by atoms with E-state index in [0.29, 0.717) is 5.56 Å². The smallest absolute Gasteiger partial charge is 0.265 e. The van der Waals surface area contributed by atoms with Crippen LogP contribution in [0.25, 0.3) is 0 Å². The number of nitrogens with zero attached hydrogens (tertiary/aromatic N) is 1. The van der Waals surface area contributed by atoms with Crippen molar-refractivity contribution in [2.75, 3.05) is 4.72 Å². The molecular weight excluding hydrogens is 304 g/mol. The number of aromatic nitrogens is 2. The molecule has 0 atom stereocenters. The monoisotopic (exact) mass is 316 g/mol. The molecule has 108 valence electrons. The van der Waals surface area contributed by atoms with Gasteiger partial charge in [-0.05, 0) is 24.6 Å². The maximum absolute atomic E-state index is 12.0. The molecular formula is C10H12N4O4S2. The summed E-state index contributed by atoms with van der Waals surface area (Å²) < 4.78 is 48.9. The number of hydrogen-bond acceptors (Lipinski definition) is 5. The van der Waals surface area contributed by atoms with Crippen LogP contribution in [0, 0.1) is 6.92 Å². The topological polar surface area (TPSA) is 135 Å². The molecule has 0 aliphatic carbocycles. The second kappa shape index (κ2) is 4.89. The van der Waals surface area contributed by atoms with Gasteiger partial charge in [0.15, 0.2) is 0 Å². The fraction of sp³-hybridized carbons (Fsp3) is 0.100. The van der Waals surface area contributed by atoms with Gasteiger partial charge in [0, 0.05) is 6.20 Å². The number of hydrogen-bond donors (Lipinski definition) is 3. The lowest BCUT2D eigenvalue weighted by Gasteiger charge is -2.09. The van der Waals surface area contributed by atoms with Crippen LogP contribution < -0.4 is 9.86 Å². The molecule has 0 fully saturated rings. The Labute approximate surface area is 116 Å². The van der Waals surface area contributed by atoms with E-state index in [9.17, 15) is 16.8 Å². The number of rotatable bonds is 4. The molecule has 2 rings (SSSR count). The van der Waals surface area contributed by atoms with Gasteiger partial charge in [0.2, 0.25) is 10.0 Å². The molecule has 0 bridgehead atoms. The summed E-state index contributed by atoms with van der Waals surface area (Å²) in [6.07, 6.45) is 2.34. The lowest BCUT2D eigenvalue weighted by molar-refractivity contribution is 0.596. The number of benzene rings is 1. The highest BCUT2D eigenvalue weighted by Crippen LogP contribution is 2.21. The van der Waals surface area contributed by atoms with E-state index in [0.717, 1.165) is 6.20 Å². The van der Waals surface area contributed by atoms with Crippen LogP contribution in [0.2, 0.25) is 0 Å². The maximum Gasteiger partial charge on any atom is 0.265 e. The molecule has 10 heteroatoms. The Morgan fingerprint density at radius 3 is 2.50 bits per heavy atom. The first-order valence-corrected chi connectivity index (χ1v) is 8.38. The lowest BCUT2D eigenvalue weighted by atomic mass is 10.2. The highest BCUT2D eigenvalue weighted by Gasteiger charge is 2.17. The minimum absolute atomic E-state index is 0.0600. The molecule has 0 spiro atoms. The summed E-state index contributed by atoms with van der Waals surface area (Å²) in [5.41, 5.74) is 0.527. The Morgan fingerprint density at radius 2 is 1.95 bits per heavy atom. The van der Waals surface area contributed by atoms with E-state index in [4.69, 9.17) is 5.14 Å². The number of nitrogens with two attached hydrogens (primary N) is 1. The zero-order valence-electron chi connectivity index (χ0n) is 10.4. The van der Waals surface area contributed by atoms with Gasteiger partial charge in [-0.3, -0.25) is 9.82 Å². The van der Waals surface area contributed by atoms with Crippen molar-refractivity contribution in [3.8, 4) is 0 Å². The van der Waals surface area contributed by atoms with Crippen LogP contribution >= 0.6 is 0 Å². The van der Waals surface area contributed by atoms with E-state index in [1.54, 1.807) is 6.92 Å². The highest BCUT2D eigenvalue weighted by atomic mass is 32.2. The summed E-state index contributed by atoms with van der Waals surface area (Å²) in [7, 11) is -7.74. The molecule has 0 unspecified atom stereocenters. The predicted octanol–water partition coefficient (Wildman–Crippen LogP) is 0.166. The van der Waals surface area contributed by atoms with Crippen molar-refractivity contribution in [2.24, 2.45) is 5.14 Å². The first kappa shape index (κ1) is 14.5. The summed E-state index contributed by atoms with van der Waals surface area (Å²) in [6, 6.07) is 4.08. The van der Waals surface area contributed by atoms with Crippen LogP contribution in [0.3, 0.4) is 0 Å². The van der Waals surface area contributed by atoms with Crippen LogP contribution in [0.5, 0.6) is 0 Å². The Bertz CT molecular complexity index is 826. The van der Waals surface area contributed by atoms with Crippen molar-refractivity contribution in [1.29, 1.82) is 0 Å². The predicted molar refractivity (Wildman–Crippen MR) is 71.9 cm³/mol. The van der Waals surface area contributed by atoms with E-state index in [2.05, 4.69) is 14.9 Å². The number of primary sulfonamides is 1. The van der Waals surface area contributed by atoms with Crippen molar-refractivity contribution >= 4 is 25.7 Å². The summed E-state index contributed by atoms with van der Waals surface area (Å²) in [6.45, 7) is 1.56. The molecule has 1 heterocycles. The van der Waals surface area contributed by atoms with E-state index in [1.807, 2.05) is 0 Å². The zero-order valence-corrected chi connectivity index (χ0v) is 12.0. The molecule has 1 aromatic heterocycles. The van der Waals surface area contributed by atoms with Crippen LogP contribution in [0.4, 0.5) is 5.69 Å². The van der Waals surface area contributed by atoms with Gasteiger partial charge in [0.05, 0.1) is 16.8 Å². The van der Waals surface area contributed by atoms with Gasteiger partial charge >= 0.3 is 0 Å². The molecule has 0 amide bonds. The number of H-pyrrole nitrogens is 1. The molecule has 1 aromatic carbocycles. The van der Waals surface area contributed by atoms with Crippen LogP contribution in [0.1, 0.15) is 5.56 Å². The van der Waals surface area contributed by atoms with Gasteiger partial charge in [-0.2, -0.15) is 5.10 Å². The average Bonchev–Trinajstić information content (AvgIpc) is 2.84. The number of nitrogens with one attached hydrogen (secondary N) is 2. The Morgan fingerprint density at radius 1 is 1.25 bits per heavy atom. The van der Waals surface area contributed by atoms with Gasteiger partial charge in [-0.25, -0.2) is 22.0 Å². The van der Waals surface area contributed by atoms with E-state index >= 15 is 0 Å². The van der Waals surface area contributed by atoms with Gasteiger partial charge in [-0.15, -0.1) is 0 Å². The summed E-state index contributed by atoms with van der Waals surface area (Å²) in [4.78, 5) is -0.194. The molecule has 8 nitrogen and oxygen atoms in total. The van der Waals surface area contributed by atoms with E-state index in [1.165, 1.54) is 24.4 Å². The molecule has 0 aliphatic heterocycles. The van der Waals surface area contributed by atoms with Gasteiger partial charge in [0.25, 0.3) is 10.0 Å². The average molecular weight is 316 g/mol. The zero-order chi connectivity index (χ0) is 15.0. The Kier molecular flexibility index (Phi) is 3.54. The second-order valence-electron chi connectivity index (χ2n) is 4.06. The first-order chi connectivity index (χ1) is 9.20. The van der Waals surface area contributed by atoms with Crippen molar-refractivity contribution in [3.63, 3.8) is 0 Å². The van der Waals surface area contributed by atoms with Crippen molar-refractivity contribution in [1.82, 2.24) is 10.2 Å². The van der Waals surface area contributed by atoms with E-state index in [-0.39, 0.29) is 15.5 Å². The molecule has 0 aliphatic rings. The standard InChI is InChI=1S/C10H12N4O4S2/c1-7-2-3-8(4-10(7)19(11,15)16)14-20(17,18)9-5-12-13-6-9/h2-6,14H,1H3,(H,12,13)(H2,11,15,16). The van der Waals surface area contributed by atoms with Gasteiger partial charge in [0.1, 0.15) is 4.90 Å². The number of aromatic amines is 1. The lowest BCUT2D eigenvalue weighted by Crippen LogP contribution is -2.16. The molecule has 0 radical (unpaired) electrons. The third-order valence-electron chi connectivity index (χ3n) is 2.53. The maximum atomic E-state index is 12.0. The summed E-state index contributed by atoms with van der Waals surface area (Å²) in [5, 5.41) is 11.0. The highest BCUT2D eigenvalue weighted by molar-refractivity contribution is 7.92. The minimum atomic E-state index is -3.92. The largest absolute Gasteiger partial charge is 0.284 e. The Balaban J connectivity index is 2.42. The first-order valence-electron chi connectivity index (χ1n) is 5.35. The fourth-order valence-electron chi connectivity index (χ4n) is 1.57. The van der Waals surface area contributed by atoms with Gasteiger partial charge < -0.3 is 0 Å². The molecule has 4 N–H and O–H groups in total. The number of sulfonamides is 2. The fourth-order valence-corrected chi connectivity index (χ4v) is 3.33. The van der Waals surface area contributed by atoms with Crippen molar-refractivity contribution in [2.45, 2.75) is 16.7 Å². The van der Waals surface area contributed by atoms with Crippen LogP contribution in [-0.2, 0) is 20.0 Å². The molecule has 0 saturated heterocycles. The SMILES string of the molecule is Cc1ccc(NS(=O)(=O)c2cn[nH]c2)cc1S(N)(=O)=O. The van der Waals surface area contributed by atoms with Crippen LogP contribution in [-0.4, -0.2) is 27.0 Å². The van der Waals surface area contributed by atoms with E-state index < -0.39 is 20.0 Å². The van der Waals surface area contributed by atoms with Crippen molar-refractivity contribution in [3.05, 3.63) is 36.2 Å². The summed E-state index contributed by atoms with van der Waals surface area (Å²) in [5.74, 6) is 0. The number of anilines is 1. The normalized spacial score (nSPS) is 12.3. The van der Waals surface area contributed by atoms with Crippen molar-refractivity contribution < 1.29 is 16.8 Å². The number of aryl methyl sites for hydroxylation is 1. The molecule has 2 aromatic rings. The third kappa shape index (κ3) is 2.98. The third-order valence-corrected chi connectivity index (χ3v) is 4.93. The minimum Gasteiger partial charge on any atom is -0.284 e. The van der Waals surface area contributed by atoms with Gasteiger partial charge in [-0.1, -0.05) is 6.07 Å². The second-order valence-corrected chi connectivity index (χ2v) is 7.28. The quantitative estimate of drug-likeness (QED) is 0.738. The molecule has 0 saturated carbocycles. The van der Waals surface area contributed by atoms with Crippen LogP contribution in [0.15, 0.2) is 40.4 Å². The summed E-state index contributed by atoms with van der Waals surface area (Å²) >= 11 is 0. The molecule has 20 heavy (non-hydrogen) atoms. The Hall–Kier alpha value is -1.91.